The van der Waals surface area contributed by atoms with Crippen LogP contribution in [0.2, 0.25) is 0 Å². The first-order chi connectivity index (χ1) is 9.51. The normalized spacial score (nSPS) is 22.4. The van der Waals surface area contributed by atoms with Gasteiger partial charge in [0.2, 0.25) is 5.92 Å². The number of rotatable bonds is 3. The predicted octanol–water partition coefficient (Wildman–Crippen LogP) is 2.57. The Hall–Kier alpha value is -1.29. The summed E-state index contributed by atoms with van der Waals surface area (Å²) in [6.07, 6.45) is -5.39. The smallest absolute Gasteiger partial charge is 0.243 e. The molecule has 0 amide bonds. The summed E-state index contributed by atoms with van der Waals surface area (Å²) in [6, 6.07) is 0.421. The van der Waals surface area contributed by atoms with Gasteiger partial charge in [-0.3, -0.25) is 0 Å². The highest BCUT2D eigenvalue weighted by Crippen LogP contribution is 2.36. The third-order valence-electron chi connectivity index (χ3n) is 3.06. The summed E-state index contributed by atoms with van der Waals surface area (Å²) < 4.78 is 90.1. The van der Waals surface area contributed by atoms with Gasteiger partial charge >= 0.3 is 6.18 Å². The lowest BCUT2D eigenvalue weighted by Crippen LogP contribution is -2.35. The Labute approximate surface area is 117 Å². The van der Waals surface area contributed by atoms with Crippen LogP contribution in [0.4, 0.5) is 22.0 Å². The number of alkyl halides is 5. The number of sulfonamides is 1. The Morgan fingerprint density at radius 2 is 2.00 bits per heavy atom. The number of halogens is 5. The molecule has 1 saturated carbocycles. The van der Waals surface area contributed by atoms with E-state index in [9.17, 15) is 30.4 Å². The molecule has 1 heterocycles. The van der Waals surface area contributed by atoms with E-state index in [4.69, 9.17) is 0 Å². The van der Waals surface area contributed by atoms with Gasteiger partial charge in [-0.1, -0.05) is 0 Å². The van der Waals surface area contributed by atoms with E-state index in [1.807, 2.05) is 4.72 Å². The topological polar surface area (TPSA) is 59.1 Å². The van der Waals surface area contributed by atoms with Crippen molar-refractivity contribution in [1.82, 2.24) is 9.71 Å². The molecular weight excluding hydrogens is 319 g/mol. The van der Waals surface area contributed by atoms with E-state index < -0.39 is 51.6 Å². The second-order valence-corrected chi connectivity index (χ2v) is 6.40. The highest BCUT2D eigenvalue weighted by molar-refractivity contribution is 7.89. The van der Waals surface area contributed by atoms with Crippen molar-refractivity contribution in [3.05, 3.63) is 23.9 Å². The summed E-state index contributed by atoms with van der Waals surface area (Å²) >= 11 is 0. The Morgan fingerprint density at radius 1 is 1.33 bits per heavy atom. The van der Waals surface area contributed by atoms with Gasteiger partial charge in [0.1, 0.15) is 0 Å². The Morgan fingerprint density at radius 3 is 2.52 bits per heavy atom. The Kier molecular flexibility index (Phi) is 3.96. The summed E-state index contributed by atoms with van der Waals surface area (Å²) in [4.78, 5) is 3.24. The van der Waals surface area contributed by atoms with Crippen LogP contribution in [0.1, 0.15) is 24.8 Å². The maximum atomic E-state index is 13.0. The standard InChI is InChI=1S/C11H11F5N2O2S/c12-10(13)4-3-7(6-10)18-21(19,20)9-8(11(14,15)16)2-1-5-17-9/h1-2,5,7,18H,3-4,6H2. The van der Waals surface area contributed by atoms with E-state index in [1.165, 1.54) is 0 Å². The molecule has 1 N–H and O–H groups in total. The Balaban J connectivity index is 2.29. The zero-order chi connectivity index (χ0) is 15.9. The van der Waals surface area contributed by atoms with E-state index in [1.54, 1.807) is 0 Å². The van der Waals surface area contributed by atoms with E-state index in [2.05, 4.69) is 4.98 Å². The molecule has 0 bridgehead atoms. The molecule has 10 heteroatoms. The maximum absolute atomic E-state index is 13.0. The lowest BCUT2D eigenvalue weighted by atomic mass is 10.3. The first-order valence-electron chi connectivity index (χ1n) is 5.94. The number of pyridine rings is 1. The number of hydrogen-bond acceptors (Lipinski definition) is 3. The van der Waals surface area contributed by atoms with Crippen LogP contribution in [0.25, 0.3) is 0 Å². The summed E-state index contributed by atoms with van der Waals surface area (Å²) in [5.74, 6) is -3.01. The summed E-state index contributed by atoms with van der Waals surface area (Å²) in [7, 11) is -4.62. The van der Waals surface area contributed by atoms with Gasteiger partial charge in [-0.05, 0) is 18.6 Å². The minimum atomic E-state index is -4.90. The van der Waals surface area contributed by atoms with Gasteiger partial charge in [-0.15, -0.1) is 0 Å². The molecule has 2 rings (SSSR count). The van der Waals surface area contributed by atoms with Crippen molar-refractivity contribution in [2.24, 2.45) is 0 Å². The van der Waals surface area contributed by atoms with Crippen LogP contribution >= 0.6 is 0 Å². The van der Waals surface area contributed by atoms with Crippen molar-refractivity contribution < 1.29 is 30.4 Å². The van der Waals surface area contributed by atoms with Crippen molar-refractivity contribution >= 4 is 10.0 Å². The molecule has 0 aromatic carbocycles. The van der Waals surface area contributed by atoms with Crippen LogP contribution in [0, 0.1) is 0 Å². The first kappa shape index (κ1) is 16.1. The fourth-order valence-corrected chi connectivity index (χ4v) is 3.57. The quantitative estimate of drug-likeness (QED) is 0.867. The summed E-state index contributed by atoms with van der Waals surface area (Å²) in [5.41, 5.74) is -1.43. The molecule has 21 heavy (non-hydrogen) atoms. The minimum Gasteiger partial charge on any atom is -0.243 e. The SMILES string of the molecule is O=S(=O)(NC1CCC(F)(F)C1)c1ncccc1C(F)(F)F. The molecule has 1 aromatic heterocycles. The molecule has 1 aromatic rings. The van der Waals surface area contributed by atoms with Gasteiger partial charge in [0.15, 0.2) is 5.03 Å². The summed E-state index contributed by atoms with van der Waals surface area (Å²) in [6.45, 7) is 0. The van der Waals surface area contributed by atoms with E-state index in [-0.39, 0.29) is 6.42 Å². The van der Waals surface area contributed by atoms with Crippen LogP contribution in [0.15, 0.2) is 23.4 Å². The van der Waals surface area contributed by atoms with Crippen LogP contribution in [0.5, 0.6) is 0 Å². The molecule has 4 nitrogen and oxygen atoms in total. The fraction of sp³-hybridized carbons (Fsp3) is 0.545. The molecule has 0 aliphatic heterocycles. The largest absolute Gasteiger partial charge is 0.419 e. The average Bonchev–Trinajstić information content (AvgIpc) is 2.67. The second-order valence-electron chi connectivity index (χ2n) is 4.77. The fourth-order valence-electron chi connectivity index (χ4n) is 2.15. The summed E-state index contributed by atoms with van der Waals surface area (Å²) in [5, 5.41) is -1.20. The maximum Gasteiger partial charge on any atom is 0.419 e. The molecule has 0 radical (unpaired) electrons. The van der Waals surface area contributed by atoms with Gasteiger partial charge in [-0.2, -0.15) is 13.2 Å². The molecular formula is C11H11F5N2O2S. The van der Waals surface area contributed by atoms with Gasteiger partial charge in [0.25, 0.3) is 10.0 Å². The van der Waals surface area contributed by atoms with Crippen LogP contribution < -0.4 is 4.72 Å². The number of aromatic nitrogens is 1. The lowest BCUT2D eigenvalue weighted by Gasteiger charge is -2.16. The van der Waals surface area contributed by atoms with Crippen molar-refractivity contribution in [2.45, 2.75) is 42.4 Å². The lowest BCUT2D eigenvalue weighted by molar-refractivity contribution is -0.140. The van der Waals surface area contributed by atoms with Gasteiger partial charge in [-0.25, -0.2) is 26.9 Å². The zero-order valence-corrected chi connectivity index (χ0v) is 11.3. The molecule has 0 spiro atoms. The third-order valence-corrected chi connectivity index (χ3v) is 4.53. The number of nitrogens with zero attached hydrogens (tertiary/aromatic N) is 1. The predicted molar refractivity (Wildman–Crippen MR) is 62.1 cm³/mol. The molecule has 1 fully saturated rings. The minimum absolute atomic E-state index is 0.138. The van der Waals surface area contributed by atoms with Crippen LogP contribution in [-0.2, 0) is 16.2 Å². The van der Waals surface area contributed by atoms with E-state index in [0.29, 0.717) is 6.07 Å². The molecule has 0 saturated heterocycles. The number of hydrogen-bond donors (Lipinski definition) is 1. The third kappa shape index (κ3) is 3.67. The Bertz CT molecular complexity index is 630. The van der Waals surface area contributed by atoms with E-state index in [0.717, 1.165) is 12.3 Å². The van der Waals surface area contributed by atoms with Gasteiger partial charge in [0.05, 0.1) is 5.56 Å². The van der Waals surface area contributed by atoms with E-state index >= 15 is 0 Å². The van der Waals surface area contributed by atoms with Crippen molar-refractivity contribution in [3.8, 4) is 0 Å². The number of nitrogens with one attached hydrogen (secondary N) is 1. The zero-order valence-electron chi connectivity index (χ0n) is 10.5. The van der Waals surface area contributed by atoms with Gasteiger partial charge < -0.3 is 0 Å². The highest BCUT2D eigenvalue weighted by Gasteiger charge is 2.43. The molecule has 118 valence electrons. The van der Waals surface area contributed by atoms with Gasteiger partial charge in [0, 0.05) is 25.1 Å². The van der Waals surface area contributed by atoms with Crippen molar-refractivity contribution in [3.63, 3.8) is 0 Å². The molecule has 1 aliphatic carbocycles. The average molecular weight is 330 g/mol. The van der Waals surface area contributed by atoms with Crippen molar-refractivity contribution in [1.29, 1.82) is 0 Å². The first-order valence-corrected chi connectivity index (χ1v) is 7.42. The van der Waals surface area contributed by atoms with Crippen LogP contribution in [-0.4, -0.2) is 25.4 Å². The highest BCUT2D eigenvalue weighted by atomic mass is 32.2. The van der Waals surface area contributed by atoms with Crippen molar-refractivity contribution in [2.75, 3.05) is 0 Å². The van der Waals surface area contributed by atoms with Crippen LogP contribution in [0.3, 0.4) is 0 Å². The monoisotopic (exact) mass is 330 g/mol. The molecule has 1 aliphatic rings. The second kappa shape index (κ2) is 5.16. The molecule has 1 unspecified atom stereocenters. The molecule has 1 atom stereocenters.